The summed E-state index contributed by atoms with van der Waals surface area (Å²) in [7, 11) is 0. The Morgan fingerprint density at radius 3 is 2.61 bits per heavy atom. The van der Waals surface area contributed by atoms with Crippen molar-refractivity contribution in [3.05, 3.63) is 91.0 Å². The highest BCUT2D eigenvalue weighted by Crippen LogP contribution is 2.35. The van der Waals surface area contributed by atoms with Gasteiger partial charge in [0.05, 0.1) is 40.0 Å². The molecule has 9 heteroatoms. The molecule has 0 radical (unpaired) electrons. The third-order valence-electron chi connectivity index (χ3n) is 6.43. The number of aromatic amines is 2. The van der Waals surface area contributed by atoms with Crippen molar-refractivity contribution in [3.63, 3.8) is 0 Å². The van der Waals surface area contributed by atoms with Crippen LogP contribution in [0.25, 0.3) is 55.8 Å². The lowest BCUT2D eigenvalue weighted by Crippen LogP contribution is -2.05. The minimum absolute atomic E-state index is 0.142. The standard InChI is InChI=1S/C29H23F2N7/c1-15(2)16(3)34-20-11-18(12-32-13-20)26-25(31)24-23(14-33-26)37-38-28(24)29-35-22-9-5-8-21(27(22)36-29)17-6-4-7-19(30)10-17/h4-15,34H,3H2,1-2H3,(H,35,36)(H,37,38). The molecule has 4 heterocycles. The van der Waals surface area contributed by atoms with Crippen LogP contribution in [0.4, 0.5) is 14.5 Å². The maximum Gasteiger partial charge on any atom is 0.161 e. The number of rotatable bonds is 6. The van der Waals surface area contributed by atoms with Gasteiger partial charge < -0.3 is 10.3 Å². The van der Waals surface area contributed by atoms with E-state index in [2.05, 4.69) is 37.0 Å². The van der Waals surface area contributed by atoms with Gasteiger partial charge in [0.2, 0.25) is 0 Å². The third kappa shape index (κ3) is 4.07. The number of H-pyrrole nitrogens is 2. The second-order valence-electron chi connectivity index (χ2n) is 9.35. The number of nitrogens with zero attached hydrogens (tertiary/aromatic N) is 4. The summed E-state index contributed by atoms with van der Waals surface area (Å²) in [4.78, 5) is 16.6. The van der Waals surface area contributed by atoms with E-state index < -0.39 is 5.82 Å². The zero-order valence-electron chi connectivity index (χ0n) is 20.7. The topological polar surface area (TPSA) is 95.2 Å². The van der Waals surface area contributed by atoms with Gasteiger partial charge in [-0.15, -0.1) is 0 Å². The number of fused-ring (bicyclic) bond motifs is 2. The number of benzene rings is 2. The number of aromatic nitrogens is 6. The molecule has 3 N–H and O–H groups in total. The molecular formula is C29H23F2N7. The quantitative estimate of drug-likeness (QED) is 0.224. The molecule has 0 bridgehead atoms. The van der Waals surface area contributed by atoms with Crippen LogP contribution < -0.4 is 5.32 Å². The molecule has 0 fully saturated rings. The smallest absolute Gasteiger partial charge is 0.161 e. The molecule has 6 rings (SSSR count). The molecule has 0 amide bonds. The highest BCUT2D eigenvalue weighted by Gasteiger charge is 2.21. The Morgan fingerprint density at radius 1 is 0.947 bits per heavy atom. The first-order valence-corrected chi connectivity index (χ1v) is 12.1. The van der Waals surface area contributed by atoms with Gasteiger partial charge in [-0.1, -0.05) is 44.7 Å². The molecule has 0 saturated carbocycles. The molecule has 0 aliphatic heterocycles. The first kappa shape index (κ1) is 23.5. The Morgan fingerprint density at radius 2 is 1.79 bits per heavy atom. The van der Waals surface area contributed by atoms with Gasteiger partial charge in [0.1, 0.15) is 17.2 Å². The summed E-state index contributed by atoms with van der Waals surface area (Å²) < 4.78 is 29.9. The second kappa shape index (κ2) is 9.19. The van der Waals surface area contributed by atoms with Crippen molar-refractivity contribution >= 4 is 27.6 Å². The molecule has 0 atom stereocenters. The molecule has 2 aromatic carbocycles. The number of para-hydroxylation sites is 1. The van der Waals surface area contributed by atoms with Gasteiger partial charge in [-0.3, -0.25) is 15.1 Å². The molecule has 6 aromatic rings. The SMILES string of the molecule is C=C(Nc1cncc(-c2ncc3[nH]nc(-c4nc5c(-c6cccc(F)c6)cccc5[nH]4)c3c2F)c1)C(C)C. The van der Waals surface area contributed by atoms with E-state index in [-0.39, 0.29) is 22.8 Å². The molecular weight excluding hydrogens is 484 g/mol. The van der Waals surface area contributed by atoms with Crippen LogP contribution in [0.15, 0.2) is 79.4 Å². The Labute approximate surface area is 216 Å². The molecule has 0 aliphatic carbocycles. The summed E-state index contributed by atoms with van der Waals surface area (Å²) in [5.74, 6) is -0.270. The largest absolute Gasteiger partial charge is 0.358 e. The van der Waals surface area contributed by atoms with Crippen LogP contribution in [-0.2, 0) is 0 Å². The van der Waals surface area contributed by atoms with E-state index in [4.69, 9.17) is 4.98 Å². The highest BCUT2D eigenvalue weighted by atomic mass is 19.1. The van der Waals surface area contributed by atoms with E-state index in [1.165, 1.54) is 18.3 Å². The van der Waals surface area contributed by atoms with Crippen molar-refractivity contribution < 1.29 is 8.78 Å². The van der Waals surface area contributed by atoms with E-state index in [9.17, 15) is 4.39 Å². The lowest BCUT2D eigenvalue weighted by Gasteiger charge is -2.13. The van der Waals surface area contributed by atoms with Crippen LogP contribution in [0.5, 0.6) is 0 Å². The number of halogens is 2. The third-order valence-corrected chi connectivity index (χ3v) is 6.43. The second-order valence-corrected chi connectivity index (χ2v) is 9.35. The molecule has 4 aromatic heterocycles. The van der Waals surface area contributed by atoms with Crippen LogP contribution in [-0.4, -0.2) is 30.1 Å². The van der Waals surface area contributed by atoms with Crippen LogP contribution in [0, 0.1) is 17.6 Å². The average Bonchev–Trinajstić information content (AvgIpc) is 3.53. The molecule has 7 nitrogen and oxygen atoms in total. The number of hydrogen-bond acceptors (Lipinski definition) is 5. The first-order chi connectivity index (χ1) is 18.4. The molecule has 0 saturated heterocycles. The fraction of sp³-hybridized carbons (Fsp3) is 0.103. The number of allylic oxidation sites excluding steroid dienone is 1. The van der Waals surface area contributed by atoms with Crippen LogP contribution in [0.2, 0.25) is 0 Å². The maximum absolute atomic E-state index is 16.0. The van der Waals surface area contributed by atoms with Gasteiger partial charge in [-0.25, -0.2) is 13.8 Å². The fourth-order valence-electron chi connectivity index (χ4n) is 4.35. The van der Waals surface area contributed by atoms with Crippen LogP contribution >= 0.6 is 0 Å². The normalized spacial score (nSPS) is 11.5. The summed E-state index contributed by atoms with van der Waals surface area (Å²) in [5, 5.41) is 10.7. The summed E-state index contributed by atoms with van der Waals surface area (Å²) in [6.07, 6.45) is 4.76. The maximum atomic E-state index is 16.0. The van der Waals surface area contributed by atoms with Gasteiger partial charge in [0.15, 0.2) is 11.6 Å². The van der Waals surface area contributed by atoms with Crippen molar-refractivity contribution in [2.24, 2.45) is 5.92 Å². The van der Waals surface area contributed by atoms with Crippen LogP contribution in [0.3, 0.4) is 0 Å². The van der Waals surface area contributed by atoms with Gasteiger partial charge in [-0.05, 0) is 35.7 Å². The number of pyridine rings is 2. The van der Waals surface area contributed by atoms with Gasteiger partial charge in [-0.2, -0.15) is 5.10 Å². The zero-order valence-corrected chi connectivity index (χ0v) is 20.7. The lowest BCUT2D eigenvalue weighted by atomic mass is 10.0. The Bertz CT molecular complexity index is 1830. The Hall–Kier alpha value is -4.92. The fourth-order valence-corrected chi connectivity index (χ4v) is 4.35. The summed E-state index contributed by atoms with van der Waals surface area (Å²) in [5.41, 5.74) is 5.72. The molecule has 188 valence electrons. The van der Waals surface area contributed by atoms with Gasteiger partial charge >= 0.3 is 0 Å². The molecule has 0 unspecified atom stereocenters. The van der Waals surface area contributed by atoms with E-state index in [1.54, 1.807) is 24.5 Å². The van der Waals surface area contributed by atoms with Gasteiger partial charge in [0, 0.05) is 23.0 Å². The van der Waals surface area contributed by atoms with E-state index >= 15 is 4.39 Å². The summed E-state index contributed by atoms with van der Waals surface area (Å²) in [6, 6.07) is 13.7. The Balaban J connectivity index is 1.45. The van der Waals surface area contributed by atoms with E-state index in [0.717, 1.165) is 16.8 Å². The lowest BCUT2D eigenvalue weighted by molar-refractivity contribution is 0.628. The summed E-state index contributed by atoms with van der Waals surface area (Å²) >= 11 is 0. The van der Waals surface area contributed by atoms with Crippen LogP contribution in [0.1, 0.15) is 13.8 Å². The van der Waals surface area contributed by atoms with Crippen molar-refractivity contribution in [1.82, 2.24) is 30.1 Å². The van der Waals surface area contributed by atoms with Crippen molar-refractivity contribution in [2.45, 2.75) is 13.8 Å². The minimum atomic E-state index is -0.543. The predicted molar refractivity (Wildman–Crippen MR) is 145 cm³/mol. The zero-order chi connectivity index (χ0) is 26.4. The molecule has 0 aliphatic rings. The van der Waals surface area contributed by atoms with Crippen molar-refractivity contribution in [3.8, 4) is 33.9 Å². The molecule has 0 spiro atoms. The average molecular weight is 508 g/mol. The number of nitrogens with one attached hydrogen (secondary N) is 3. The Kier molecular flexibility index (Phi) is 5.68. The first-order valence-electron chi connectivity index (χ1n) is 12.1. The van der Waals surface area contributed by atoms with E-state index in [0.29, 0.717) is 39.4 Å². The number of anilines is 1. The minimum Gasteiger partial charge on any atom is -0.358 e. The van der Waals surface area contributed by atoms with Crippen molar-refractivity contribution in [1.29, 1.82) is 0 Å². The molecule has 38 heavy (non-hydrogen) atoms. The van der Waals surface area contributed by atoms with E-state index in [1.807, 2.05) is 38.1 Å². The monoisotopic (exact) mass is 507 g/mol. The van der Waals surface area contributed by atoms with Crippen molar-refractivity contribution in [2.75, 3.05) is 5.32 Å². The highest BCUT2D eigenvalue weighted by molar-refractivity contribution is 5.98. The number of hydrogen-bond donors (Lipinski definition) is 3. The predicted octanol–water partition coefficient (Wildman–Crippen LogP) is 7.09. The summed E-state index contributed by atoms with van der Waals surface area (Å²) in [6.45, 7) is 8.08. The number of imidazole rings is 1. The van der Waals surface area contributed by atoms with Gasteiger partial charge in [0.25, 0.3) is 0 Å².